The Hall–Kier alpha value is -1.80. The highest BCUT2D eigenvalue weighted by molar-refractivity contribution is 6.32. The zero-order chi connectivity index (χ0) is 14.4. The number of nitrogens with zero attached hydrogens (tertiary/aromatic N) is 3. The van der Waals surface area contributed by atoms with Gasteiger partial charge in [0.25, 0.3) is 0 Å². The highest BCUT2D eigenvalue weighted by Gasteiger charge is 2.17. The van der Waals surface area contributed by atoms with E-state index in [1.807, 2.05) is 19.9 Å². The molecule has 1 N–H and O–H groups in total. The second-order valence-electron chi connectivity index (χ2n) is 4.09. The first-order valence-electron chi connectivity index (χ1n) is 6.17. The van der Waals surface area contributed by atoms with Crippen molar-refractivity contribution in [2.75, 3.05) is 11.6 Å². The van der Waals surface area contributed by atoms with Crippen LogP contribution in [0.1, 0.15) is 37.9 Å². The van der Waals surface area contributed by atoms with Crippen LogP contribution in [0.25, 0.3) is 0 Å². The van der Waals surface area contributed by atoms with Gasteiger partial charge in [-0.25, -0.2) is 4.98 Å². The zero-order valence-corrected chi connectivity index (χ0v) is 12.1. The molecule has 0 aliphatic carbocycles. The Labute approximate surface area is 118 Å². The van der Waals surface area contributed by atoms with Crippen LogP contribution in [-0.2, 0) is 4.79 Å². The first-order valence-corrected chi connectivity index (χ1v) is 6.55. The lowest BCUT2D eigenvalue weighted by Gasteiger charge is -2.24. The number of halogens is 1. The Morgan fingerprint density at radius 2 is 2.26 bits per heavy atom. The molecule has 0 saturated carbocycles. The zero-order valence-electron chi connectivity index (χ0n) is 11.3. The molecule has 1 amide bonds. The number of nitriles is 1. The number of amides is 1. The minimum Gasteiger partial charge on any atom is -0.273 e. The van der Waals surface area contributed by atoms with E-state index in [9.17, 15) is 4.79 Å². The summed E-state index contributed by atoms with van der Waals surface area (Å²) in [6.07, 6.45) is 1.19. The molecule has 1 aromatic rings. The van der Waals surface area contributed by atoms with Gasteiger partial charge in [-0.2, -0.15) is 5.26 Å². The van der Waals surface area contributed by atoms with Crippen LogP contribution in [0.2, 0.25) is 5.02 Å². The number of pyridine rings is 1. The van der Waals surface area contributed by atoms with Gasteiger partial charge >= 0.3 is 0 Å². The van der Waals surface area contributed by atoms with Crippen LogP contribution in [0.15, 0.2) is 6.07 Å². The maximum Gasteiger partial charge on any atom is 0.238 e. The van der Waals surface area contributed by atoms with Crippen molar-refractivity contribution in [3.05, 3.63) is 22.3 Å². The minimum atomic E-state index is -0.104. The van der Waals surface area contributed by atoms with Gasteiger partial charge in [-0.1, -0.05) is 18.5 Å². The molecule has 0 fully saturated rings. The van der Waals surface area contributed by atoms with Crippen LogP contribution < -0.4 is 10.4 Å². The number of carbonyl (C=O) groups excluding carboxylic acids is 1. The third-order valence-corrected chi connectivity index (χ3v) is 2.80. The van der Waals surface area contributed by atoms with E-state index in [4.69, 9.17) is 16.9 Å². The molecule has 0 atom stereocenters. The summed E-state index contributed by atoms with van der Waals surface area (Å²) < 4.78 is 0. The highest BCUT2D eigenvalue weighted by atomic mass is 35.5. The van der Waals surface area contributed by atoms with Crippen LogP contribution in [0.3, 0.4) is 0 Å². The Bertz CT molecular complexity index is 510. The summed E-state index contributed by atoms with van der Waals surface area (Å²) in [5, 5.41) is 11.1. The standard InChI is InChI=1S/C13H17ClN4O/c1-4-6-12(19)17-18(5-2)13-10(8-15)11(14)7-9(3)16-13/h7H,4-6H2,1-3H3,(H,17,19). The van der Waals surface area contributed by atoms with Crippen LogP contribution in [-0.4, -0.2) is 17.4 Å². The van der Waals surface area contributed by atoms with E-state index in [0.717, 1.165) is 6.42 Å². The number of hydrogen-bond acceptors (Lipinski definition) is 4. The van der Waals surface area contributed by atoms with Gasteiger partial charge in [0.05, 0.1) is 5.02 Å². The van der Waals surface area contributed by atoms with E-state index >= 15 is 0 Å². The molecule has 0 saturated heterocycles. The number of nitrogens with one attached hydrogen (secondary N) is 1. The summed E-state index contributed by atoms with van der Waals surface area (Å²) >= 11 is 6.03. The molecule has 5 nitrogen and oxygen atoms in total. The van der Waals surface area contributed by atoms with Gasteiger partial charge in [-0.3, -0.25) is 15.2 Å². The maximum atomic E-state index is 11.7. The molecule has 0 spiro atoms. The smallest absolute Gasteiger partial charge is 0.238 e. The molecule has 1 aromatic heterocycles. The van der Waals surface area contributed by atoms with Gasteiger partial charge < -0.3 is 0 Å². The fourth-order valence-corrected chi connectivity index (χ4v) is 1.92. The molecule has 0 bridgehead atoms. The molecule has 0 aliphatic heterocycles. The SMILES string of the molecule is CCCC(=O)NN(CC)c1nc(C)cc(Cl)c1C#N. The van der Waals surface area contributed by atoms with Crippen molar-refractivity contribution in [3.8, 4) is 6.07 Å². The van der Waals surface area contributed by atoms with Crippen molar-refractivity contribution in [3.63, 3.8) is 0 Å². The predicted molar refractivity (Wildman–Crippen MR) is 74.8 cm³/mol. The summed E-state index contributed by atoms with van der Waals surface area (Å²) in [4.78, 5) is 16.0. The lowest BCUT2D eigenvalue weighted by atomic mass is 10.2. The van der Waals surface area contributed by atoms with Crippen LogP contribution in [0.4, 0.5) is 5.82 Å². The van der Waals surface area contributed by atoms with Crippen molar-refractivity contribution in [2.45, 2.75) is 33.6 Å². The van der Waals surface area contributed by atoms with Crippen LogP contribution >= 0.6 is 11.6 Å². The van der Waals surface area contributed by atoms with Gasteiger partial charge in [0.2, 0.25) is 5.91 Å². The summed E-state index contributed by atoms with van der Waals surface area (Å²) in [5.41, 5.74) is 3.70. The molecule has 102 valence electrons. The van der Waals surface area contributed by atoms with Crippen LogP contribution in [0, 0.1) is 18.3 Å². The number of carbonyl (C=O) groups is 1. The molecule has 0 aliphatic rings. The largest absolute Gasteiger partial charge is 0.273 e. The second kappa shape index (κ2) is 6.95. The maximum absolute atomic E-state index is 11.7. The lowest BCUT2D eigenvalue weighted by Crippen LogP contribution is -2.43. The van der Waals surface area contributed by atoms with Gasteiger partial charge in [0.15, 0.2) is 5.82 Å². The van der Waals surface area contributed by atoms with E-state index in [0.29, 0.717) is 29.5 Å². The number of hydrogen-bond donors (Lipinski definition) is 1. The summed E-state index contributed by atoms with van der Waals surface area (Å²) in [6.45, 7) is 6.08. The number of hydrazine groups is 1. The summed E-state index contributed by atoms with van der Waals surface area (Å²) in [5.74, 6) is 0.284. The quantitative estimate of drug-likeness (QED) is 0.842. The Morgan fingerprint density at radius 1 is 1.58 bits per heavy atom. The van der Waals surface area contributed by atoms with Crippen molar-refractivity contribution in [1.82, 2.24) is 10.4 Å². The fourth-order valence-electron chi connectivity index (χ4n) is 1.63. The number of aryl methyl sites for hydroxylation is 1. The Balaban J connectivity index is 3.11. The number of anilines is 1. The van der Waals surface area contributed by atoms with E-state index in [1.165, 1.54) is 0 Å². The Kier molecular flexibility index (Phi) is 5.58. The van der Waals surface area contributed by atoms with Crippen molar-refractivity contribution in [1.29, 1.82) is 5.26 Å². The molecular formula is C13H17ClN4O. The highest BCUT2D eigenvalue weighted by Crippen LogP contribution is 2.25. The average molecular weight is 281 g/mol. The minimum absolute atomic E-state index is 0.104. The van der Waals surface area contributed by atoms with Gasteiger partial charge in [-0.15, -0.1) is 0 Å². The first-order chi connectivity index (χ1) is 9.03. The molecule has 19 heavy (non-hydrogen) atoms. The van der Waals surface area contributed by atoms with Gasteiger partial charge in [0.1, 0.15) is 11.6 Å². The number of rotatable bonds is 5. The lowest BCUT2D eigenvalue weighted by molar-refractivity contribution is -0.121. The third-order valence-electron chi connectivity index (χ3n) is 2.50. The van der Waals surface area contributed by atoms with Crippen LogP contribution in [0.5, 0.6) is 0 Å². The second-order valence-corrected chi connectivity index (χ2v) is 4.49. The van der Waals surface area contributed by atoms with E-state index in [1.54, 1.807) is 18.0 Å². The van der Waals surface area contributed by atoms with Crippen molar-refractivity contribution >= 4 is 23.3 Å². The van der Waals surface area contributed by atoms with Crippen molar-refractivity contribution < 1.29 is 4.79 Å². The van der Waals surface area contributed by atoms with Crippen molar-refractivity contribution in [2.24, 2.45) is 0 Å². The summed E-state index contributed by atoms with van der Waals surface area (Å²) in [7, 11) is 0. The first kappa shape index (κ1) is 15.3. The monoisotopic (exact) mass is 280 g/mol. The number of aromatic nitrogens is 1. The molecular weight excluding hydrogens is 264 g/mol. The molecule has 0 unspecified atom stereocenters. The molecule has 1 heterocycles. The molecule has 0 aromatic carbocycles. The Morgan fingerprint density at radius 3 is 2.79 bits per heavy atom. The van der Waals surface area contributed by atoms with E-state index in [-0.39, 0.29) is 11.5 Å². The normalized spacial score (nSPS) is 9.84. The fraction of sp³-hybridized carbons (Fsp3) is 0.462. The molecule has 1 rings (SSSR count). The topological polar surface area (TPSA) is 69.0 Å². The molecule has 6 heteroatoms. The average Bonchev–Trinajstić information content (AvgIpc) is 2.35. The van der Waals surface area contributed by atoms with E-state index < -0.39 is 0 Å². The predicted octanol–water partition coefficient (Wildman–Crippen LogP) is 2.57. The van der Waals surface area contributed by atoms with E-state index in [2.05, 4.69) is 10.4 Å². The third kappa shape index (κ3) is 3.83. The molecule has 0 radical (unpaired) electrons. The summed E-state index contributed by atoms with van der Waals surface area (Å²) in [6, 6.07) is 3.65. The van der Waals surface area contributed by atoms with Gasteiger partial charge in [-0.05, 0) is 26.3 Å². The van der Waals surface area contributed by atoms with Gasteiger partial charge in [0, 0.05) is 18.7 Å².